The average molecular weight is 420 g/mol. The number of benzene rings is 2. The van der Waals surface area contributed by atoms with Gasteiger partial charge in [-0.05, 0) is 62.7 Å². The third-order valence-corrected chi connectivity index (χ3v) is 5.28. The molecule has 1 N–H and O–H groups in total. The van der Waals surface area contributed by atoms with E-state index in [0.29, 0.717) is 16.6 Å². The van der Waals surface area contributed by atoms with E-state index in [2.05, 4.69) is 20.5 Å². The second-order valence-corrected chi connectivity index (χ2v) is 7.84. The molecule has 30 heavy (non-hydrogen) atoms. The highest BCUT2D eigenvalue weighted by molar-refractivity contribution is 7.99. The van der Waals surface area contributed by atoms with Gasteiger partial charge in [0.25, 0.3) is 0 Å². The number of nitrogens with zero attached hydrogens (tertiary/aromatic N) is 4. The number of aryl methyl sites for hydroxylation is 3. The van der Waals surface area contributed by atoms with Crippen LogP contribution in [0.4, 0.5) is 5.69 Å². The van der Waals surface area contributed by atoms with E-state index >= 15 is 0 Å². The first kappa shape index (κ1) is 19.9. The van der Waals surface area contributed by atoms with Gasteiger partial charge in [0, 0.05) is 17.4 Å². The molecule has 8 heteroatoms. The predicted molar refractivity (Wildman–Crippen MR) is 117 cm³/mol. The Morgan fingerprint density at radius 2 is 1.83 bits per heavy atom. The minimum atomic E-state index is -0.123. The van der Waals surface area contributed by atoms with Crippen molar-refractivity contribution in [2.24, 2.45) is 0 Å². The molecular formula is C22H21N5O2S. The lowest BCUT2D eigenvalue weighted by Crippen LogP contribution is -2.14. The Hall–Kier alpha value is -3.39. The van der Waals surface area contributed by atoms with Crippen molar-refractivity contribution in [3.8, 4) is 11.5 Å². The van der Waals surface area contributed by atoms with Crippen molar-refractivity contribution in [3.63, 3.8) is 0 Å². The fraction of sp³-hybridized carbons (Fsp3) is 0.182. The van der Waals surface area contributed by atoms with Gasteiger partial charge in [-0.25, -0.2) is 4.98 Å². The third-order valence-electron chi connectivity index (χ3n) is 4.35. The minimum absolute atomic E-state index is 0.123. The smallest absolute Gasteiger partial charge is 0.234 e. The van der Waals surface area contributed by atoms with Gasteiger partial charge in [-0.15, -0.1) is 10.2 Å². The SMILES string of the molecule is Cc1cccc(Oc2ccc(NC(=O)CSc3nnc4cc(C)nc(C)n34)cc2)c1. The van der Waals surface area contributed by atoms with Crippen molar-refractivity contribution < 1.29 is 9.53 Å². The van der Waals surface area contributed by atoms with Crippen LogP contribution in [0.15, 0.2) is 59.8 Å². The van der Waals surface area contributed by atoms with E-state index in [-0.39, 0.29) is 11.7 Å². The maximum atomic E-state index is 12.4. The number of amides is 1. The van der Waals surface area contributed by atoms with Crippen LogP contribution >= 0.6 is 11.8 Å². The maximum Gasteiger partial charge on any atom is 0.234 e. The molecule has 0 saturated heterocycles. The normalized spacial score (nSPS) is 10.9. The standard InChI is InChI=1S/C22H21N5O2S/c1-14-5-4-6-19(11-14)29-18-9-7-17(8-10-18)24-21(28)13-30-22-26-25-20-12-15(2)23-16(3)27(20)22/h4-12H,13H2,1-3H3,(H,24,28). The fourth-order valence-corrected chi connectivity index (χ4v) is 3.83. The van der Waals surface area contributed by atoms with Crippen molar-refractivity contribution in [2.75, 3.05) is 11.1 Å². The van der Waals surface area contributed by atoms with Gasteiger partial charge in [-0.1, -0.05) is 23.9 Å². The molecule has 7 nitrogen and oxygen atoms in total. The molecule has 0 radical (unpaired) electrons. The van der Waals surface area contributed by atoms with Crippen molar-refractivity contribution in [1.29, 1.82) is 0 Å². The molecule has 2 aromatic heterocycles. The molecule has 2 aromatic carbocycles. The van der Waals surface area contributed by atoms with Crippen molar-refractivity contribution in [1.82, 2.24) is 19.6 Å². The monoisotopic (exact) mass is 419 g/mol. The molecule has 0 aliphatic carbocycles. The summed E-state index contributed by atoms with van der Waals surface area (Å²) >= 11 is 1.32. The first-order chi connectivity index (χ1) is 14.5. The topological polar surface area (TPSA) is 81.4 Å². The summed E-state index contributed by atoms with van der Waals surface area (Å²) in [6.07, 6.45) is 0. The first-order valence-electron chi connectivity index (χ1n) is 9.44. The third kappa shape index (κ3) is 4.60. The highest BCUT2D eigenvalue weighted by Gasteiger charge is 2.12. The van der Waals surface area contributed by atoms with Crippen molar-refractivity contribution in [3.05, 3.63) is 71.7 Å². The number of anilines is 1. The Balaban J connectivity index is 1.35. The van der Waals surface area contributed by atoms with Gasteiger partial charge in [0.15, 0.2) is 10.8 Å². The molecule has 2 heterocycles. The van der Waals surface area contributed by atoms with Gasteiger partial charge in [0.2, 0.25) is 5.91 Å². The zero-order valence-electron chi connectivity index (χ0n) is 16.9. The highest BCUT2D eigenvalue weighted by Crippen LogP contribution is 2.24. The lowest BCUT2D eigenvalue weighted by atomic mass is 10.2. The summed E-state index contributed by atoms with van der Waals surface area (Å²) in [6.45, 7) is 5.83. The van der Waals surface area contributed by atoms with Gasteiger partial charge in [-0.3, -0.25) is 9.20 Å². The van der Waals surface area contributed by atoms with E-state index in [4.69, 9.17) is 4.74 Å². The van der Waals surface area contributed by atoms with Crippen LogP contribution in [0.2, 0.25) is 0 Å². The van der Waals surface area contributed by atoms with Gasteiger partial charge in [-0.2, -0.15) is 0 Å². The highest BCUT2D eigenvalue weighted by atomic mass is 32.2. The molecule has 0 spiro atoms. The second-order valence-electron chi connectivity index (χ2n) is 6.90. The molecule has 0 fully saturated rings. The lowest BCUT2D eigenvalue weighted by molar-refractivity contribution is -0.113. The summed E-state index contributed by atoms with van der Waals surface area (Å²) in [5, 5.41) is 11.9. The predicted octanol–water partition coefficient (Wildman–Crippen LogP) is 4.57. The molecule has 152 valence electrons. The Bertz CT molecular complexity index is 1200. The van der Waals surface area contributed by atoms with E-state index in [1.54, 1.807) is 0 Å². The van der Waals surface area contributed by atoms with Gasteiger partial charge in [0.1, 0.15) is 17.3 Å². The zero-order chi connectivity index (χ0) is 21.1. The quantitative estimate of drug-likeness (QED) is 0.461. The minimum Gasteiger partial charge on any atom is -0.457 e. The Morgan fingerprint density at radius 3 is 2.60 bits per heavy atom. The molecule has 0 aliphatic heterocycles. The van der Waals surface area contributed by atoms with Crippen LogP contribution < -0.4 is 10.1 Å². The number of carbonyl (C=O) groups is 1. The summed E-state index contributed by atoms with van der Waals surface area (Å²) in [5.41, 5.74) is 3.45. The van der Waals surface area contributed by atoms with Crippen LogP contribution in [0.25, 0.3) is 5.65 Å². The Labute approximate surface area is 178 Å². The van der Waals surface area contributed by atoms with Crippen LogP contribution in [0.5, 0.6) is 11.5 Å². The van der Waals surface area contributed by atoms with Crippen LogP contribution in [-0.4, -0.2) is 31.2 Å². The molecular weight excluding hydrogens is 398 g/mol. The summed E-state index contributed by atoms with van der Waals surface area (Å²) in [5.74, 6) is 2.38. The Kier molecular flexibility index (Phi) is 5.67. The van der Waals surface area contributed by atoms with Crippen molar-refractivity contribution >= 4 is 29.0 Å². The lowest BCUT2D eigenvalue weighted by Gasteiger charge is -2.08. The summed E-state index contributed by atoms with van der Waals surface area (Å²) < 4.78 is 7.68. The number of carbonyl (C=O) groups excluding carboxylic acids is 1. The number of hydrogen-bond donors (Lipinski definition) is 1. The Morgan fingerprint density at radius 1 is 1.03 bits per heavy atom. The molecule has 0 atom stereocenters. The summed E-state index contributed by atoms with van der Waals surface area (Å²) in [6, 6.07) is 17.0. The van der Waals surface area contributed by atoms with Crippen molar-refractivity contribution in [2.45, 2.75) is 25.9 Å². The second kappa shape index (κ2) is 8.54. The largest absolute Gasteiger partial charge is 0.457 e. The van der Waals surface area contributed by atoms with Crippen LogP contribution in [-0.2, 0) is 4.79 Å². The van der Waals surface area contributed by atoms with Gasteiger partial charge in [0.05, 0.1) is 5.75 Å². The van der Waals surface area contributed by atoms with Gasteiger partial charge < -0.3 is 10.1 Å². The number of thioether (sulfide) groups is 1. The number of aromatic nitrogens is 4. The van der Waals surface area contributed by atoms with Crippen LogP contribution in [0, 0.1) is 20.8 Å². The number of fused-ring (bicyclic) bond motifs is 1. The number of rotatable bonds is 6. The molecule has 1 amide bonds. The molecule has 0 aliphatic rings. The number of ether oxygens (including phenoxy) is 1. The van der Waals surface area contributed by atoms with E-state index in [1.807, 2.05) is 79.8 Å². The summed E-state index contributed by atoms with van der Waals surface area (Å²) in [7, 11) is 0. The van der Waals surface area contributed by atoms with Crippen LogP contribution in [0.1, 0.15) is 17.1 Å². The summed E-state index contributed by atoms with van der Waals surface area (Å²) in [4.78, 5) is 16.8. The van der Waals surface area contributed by atoms with Gasteiger partial charge >= 0.3 is 0 Å². The molecule has 4 rings (SSSR count). The number of hydrogen-bond acceptors (Lipinski definition) is 6. The van der Waals surface area contributed by atoms with E-state index < -0.39 is 0 Å². The molecule has 4 aromatic rings. The maximum absolute atomic E-state index is 12.4. The average Bonchev–Trinajstić information content (AvgIpc) is 3.11. The van der Waals surface area contributed by atoms with E-state index in [0.717, 1.165) is 28.5 Å². The molecule has 0 bridgehead atoms. The van der Waals surface area contributed by atoms with Crippen LogP contribution in [0.3, 0.4) is 0 Å². The van der Waals surface area contributed by atoms with E-state index in [1.165, 1.54) is 11.8 Å². The fourth-order valence-electron chi connectivity index (χ4n) is 3.05. The zero-order valence-corrected chi connectivity index (χ0v) is 17.7. The van der Waals surface area contributed by atoms with E-state index in [9.17, 15) is 4.79 Å². The number of nitrogens with one attached hydrogen (secondary N) is 1. The first-order valence-corrected chi connectivity index (χ1v) is 10.4. The molecule has 0 saturated carbocycles. The molecule has 0 unspecified atom stereocenters.